The van der Waals surface area contributed by atoms with Crippen LogP contribution in [0.25, 0.3) is 21.1 Å². The summed E-state index contributed by atoms with van der Waals surface area (Å²) in [7, 11) is -3.82. The summed E-state index contributed by atoms with van der Waals surface area (Å²) in [6.45, 7) is 0. The highest BCUT2D eigenvalue weighted by Crippen LogP contribution is 2.33. The maximum atomic E-state index is 13.1. The molecule has 0 spiro atoms. The first-order valence-corrected chi connectivity index (χ1v) is 13.5. The number of thiazole rings is 1. The van der Waals surface area contributed by atoms with Crippen molar-refractivity contribution < 1.29 is 8.42 Å². The Kier molecular flexibility index (Phi) is 5.94. The Morgan fingerprint density at radius 1 is 1.06 bits per heavy atom. The third kappa shape index (κ3) is 4.60. The number of rotatable bonds is 7. The second-order valence-electron chi connectivity index (χ2n) is 7.50. The largest absolute Gasteiger partial charge is 0.384 e. The van der Waals surface area contributed by atoms with E-state index in [0.29, 0.717) is 16.8 Å². The van der Waals surface area contributed by atoms with Crippen molar-refractivity contribution in [2.45, 2.75) is 15.0 Å². The van der Waals surface area contributed by atoms with Crippen LogP contribution in [0.5, 0.6) is 0 Å². The van der Waals surface area contributed by atoms with Crippen molar-refractivity contribution >= 4 is 65.8 Å². The lowest BCUT2D eigenvalue weighted by molar-refractivity contribution is 0.602. The quantitative estimate of drug-likeness (QED) is 0.158. The van der Waals surface area contributed by atoms with Gasteiger partial charge in [-0.05, 0) is 35.9 Å². The van der Waals surface area contributed by atoms with Gasteiger partial charge in [-0.2, -0.15) is 0 Å². The molecular formula is C24H19N5O2S3. The van der Waals surface area contributed by atoms with Crippen LogP contribution in [0.15, 0.2) is 88.2 Å². The van der Waals surface area contributed by atoms with Gasteiger partial charge in [0.2, 0.25) is 0 Å². The number of hydrogen-bond donors (Lipinski definition) is 3. The first-order valence-electron chi connectivity index (χ1n) is 10.2. The number of anilines is 1. The van der Waals surface area contributed by atoms with Crippen molar-refractivity contribution in [3.63, 3.8) is 0 Å². The smallest absolute Gasteiger partial charge is 0.264 e. The fraction of sp³-hybridized carbons (Fsp3) is 0.0417. The van der Waals surface area contributed by atoms with E-state index in [1.165, 1.54) is 11.3 Å². The maximum absolute atomic E-state index is 13.1. The lowest BCUT2D eigenvalue weighted by Gasteiger charge is -2.10. The molecule has 0 aliphatic rings. The third-order valence-corrected chi connectivity index (χ3v) is 8.78. The molecule has 4 N–H and O–H groups in total. The zero-order chi connectivity index (χ0) is 23.7. The second kappa shape index (κ2) is 9.05. The number of benzene rings is 3. The lowest BCUT2D eigenvalue weighted by atomic mass is 10.1. The van der Waals surface area contributed by atoms with Crippen molar-refractivity contribution in [1.29, 1.82) is 5.41 Å². The minimum absolute atomic E-state index is 0.0496. The normalized spacial score (nSPS) is 11.6. The Morgan fingerprint density at radius 2 is 1.85 bits per heavy atom. The number of nitrogen functional groups attached to an aromatic ring is 1. The number of aromatic nitrogens is 2. The van der Waals surface area contributed by atoms with E-state index in [1.807, 2.05) is 42.5 Å². The molecule has 2 aromatic heterocycles. The molecule has 0 amide bonds. The molecule has 34 heavy (non-hydrogen) atoms. The Labute approximate surface area is 204 Å². The van der Waals surface area contributed by atoms with Gasteiger partial charge in [-0.15, -0.1) is 11.3 Å². The Hall–Kier alpha value is -3.47. The van der Waals surface area contributed by atoms with E-state index in [0.717, 1.165) is 31.3 Å². The highest BCUT2D eigenvalue weighted by Gasteiger charge is 2.19. The monoisotopic (exact) mass is 505 g/mol. The standard InChI is InChI=1S/C24H19N5O2S3/c25-23(26)17-8-6-15(7-9-17)14-32-24-28-19-11-10-18(13-20(19)33-24)29-34(30,31)21-5-1-3-16-4-2-12-27-22(16)21/h1-13,29H,14H2,(H3,25,26). The molecule has 5 aromatic rings. The molecule has 0 bridgehead atoms. The van der Waals surface area contributed by atoms with E-state index in [2.05, 4.69) is 14.7 Å². The van der Waals surface area contributed by atoms with E-state index >= 15 is 0 Å². The van der Waals surface area contributed by atoms with Gasteiger partial charge in [-0.25, -0.2) is 13.4 Å². The van der Waals surface area contributed by atoms with Gasteiger partial charge < -0.3 is 5.73 Å². The number of fused-ring (bicyclic) bond motifs is 2. The van der Waals surface area contributed by atoms with Crippen LogP contribution < -0.4 is 10.5 Å². The minimum atomic E-state index is -3.82. The number of amidine groups is 1. The zero-order valence-electron chi connectivity index (χ0n) is 17.7. The SMILES string of the molecule is N=C(N)c1ccc(CSc2nc3ccc(NS(=O)(=O)c4cccc5cccnc45)cc3s2)cc1. The highest BCUT2D eigenvalue weighted by atomic mass is 32.2. The van der Waals surface area contributed by atoms with Crippen LogP contribution in [0, 0.1) is 5.41 Å². The van der Waals surface area contributed by atoms with Crippen LogP contribution in [0.1, 0.15) is 11.1 Å². The first-order chi connectivity index (χ1) is 16.4. The first kappa shape index (κ1) is 22.3. The molecule has 0 radical (unpaired) electrons. The molecule has 10 heteroatoms. The summed E-state index contributed by atoms with van der Waals surface area (Å²) in [5, 5.41) is 8.24. The Bertz CT molecular complexity index is 1620. The zero-order valence-corrected chi connectivity index (χ0v) is 20.2. The summed E-state index contributed by atoms with van der Waals surface area (Å²) in [6.07, 6.45) is 1.58. The van der Waals surface area contributed by atoms with Crippen molar-refractivity contribution in [2.75, 3.05) is 4.72 Å². The van der Waals surface area contributed by atoms with E-state index in [9.17, 15) is 8.42 Å². The van der Waals surface area contributed by atoms with E-state index < -0.39 is 10.0 Å². The number of sulfonamides is 1. The molecule has 3 aromatic carbocycles. The Balaban J connectivity index is 1.34. The number of nitrogens with one attached hydrogen (secondary N) is 2. The van der Waals surface area contributed by atoms with E-state index in [1.54, 1.807) is 48.3 Å². The summed E-state index contributed by atoms with van der Waals surface area (Å²) in [4.78, 5) is 9.05. The van der Waals surface area contributed by atoms with Gasteiger partial charge >= 0.3 is 0 Å². The van der Waals surface area contributed by atoms with Crippen LogP contribution in [-0.4, -0.2) is 24.2 Å². The number of nitrogens with zero attached hydrogens (tertiary/aromatic N) is 2. The lowest BCUT2D eigenvalue weighted by Crippen LogP contribution is -2.13. The number of pyridine rings is 1. The maximum Gasteiger partial charge on any atom is 0.264 e. The molecule has 0 fully saturated rings. The van der Waals surface area contributed by atoms with Crippen LogP contribution in [0.2, 0.25) is 0 Å². The molecule has 0 aliphatic heterocycles. The van der Waals surface area contributed by atoms with Crippen molar-refractivity contribution in [1.82, 2.24) is 9.97 Å². The van der Waals surface area contributed by atoms with Crippen molar-refractivity contribution in [3.8, 4) is 0 Å². The molecule has 0 saturated heterocycles. The second-order valence-corrected chi connectivity index (χ2v) is 11.4. The molecule has 0 unspecified atom stereocenters. The van der Waals surface area contributed by atoms with Gasteiger partial charge in [-0.3, -0.25) is 15.1 Å². The number of hydrogen-bond acceptors (Lipinski definition) is 7. The molecule has 2 heterocycles. The summed E-state index contributed by atoms with van der Waals surface area (Å²) in [5.41, 5.74) is 9.03. The van der Waals surface area contributed by atoms with Gasteiger partial charge in [-0.1, -0.05) is 54.2 Å². The number of thioether (sulfide) groups is 1. The number of nitrogens with two attached hydrogens (primary N) is 1. The Morgan fingerprint density at radius 3 is 2.65 bits per heavy atom. The van der Waals surface area contributed by atoms with E-state index in [4.69, 9.17) is 11.1 Å². The molecule has 5 rings (SSSR count). The fourth-order valence-corrected chi connectivity index (χ4v) is 6.75. The highest BCUT2D eigenvalue weighted by molar-refractivity contribution is 8.00. The summed E-state index contributed by atoms with van der Waals surface area (Å²) in [6, 6.07) is 21.6. The fourth-order valence-electron chi connectivity index (χ4n) is 3.46. The van der Waals surface area contributed by atoms with Gasteiger partial charge in [0.1, 0.15) is 10.7 Å². The predicted octanol–water partition coefficient (Wildman–Crippen LogP) is 5.22. The van der Waals surface area contributed by atoms with Crippen LogP contribution in [-0.2, 0) is 15.8 Å². The van der Waals surface area contributed by atoms with Crippen molar-refractivity contribution in [3.05, 3.63) is 90.1 Å². The van der Waals surface area contributed by atoms with Crippen LogP contribution >= 0.6 is 23.1 Å². The molecule has 0 atom stereocenters. The molecule has 0 aliphatic carbocycles. The van der Waals surface area contributed by atoms with Gasteiger partial charge in [0.15, 0.2) is 4.34 Å². The summed E-state index contributed by atoms with van der Waals surface area (Å²) >= 11 is 3.12. The molecule has 0 saturated carbocycles. The molecule has 170 valence electrons. The third-order valence-electron chi connectivity index (χ3n) is 5.13. The number of para-hydroxylation sites is 1. The average Bonchev–Trinajstić information content (AvgIpc) is 3.24. The topological polar surface area (TPSA) is 122 Å². The van der Waals surface area contributed by atoms with Crippen LogP contribution in [0.3, 0.4) is 0 Å². The molecule has 7 nitrogen and oxygen atoms in total. The van der Waals surface area contributed by atoms with Gasteiger partial charge in [0.05, 0.1) is 21.4 Å². The minimum Gasteiger partial charge on any atom is -0.384 e. The van der Waals surface area contributed by atoms with E-state index in [-0.39, 0.29) is 10.7 Å². The van der Waals surface area contributed by atoms with Crippen LogP contribution in [0.4, 0.5) is 5.69 Å². The van der Waals surface area contributed by atoms with Crippen molar-refractivity contribution in [2.24, 2.45) is 5.73 Å². The summed E-state index contributed by atoms with van der Waals surface area (Å²) < 4.78 is 30.7. The summed E-state index contributed by atoms with van der Waals surface area (Å²) in [5.74, 6) is 0.777. The van der Waals surface area contributed by atoms with Gasteiger partial charge in [0.25, 0.3) is 10.0 Å². The van der Waals surface area contributed by atoms with Gasteiger partial charge in [0, 0.05) is 22.9 Å². The average molecular weight is 506 g/mol. The molecular weight excluding hydrogens is 486 g/mol. The predicted molar refractivity (Wildman–Crippen MR) is 139 cm³/mol.